The number of aliphatic hydroxyl groups excluding tert-OH is 3. The van der Waals surface area contributed by atoms with Crippen LogP contribution in [-0.4, -0.2) is 129 Å². The number of fused-ring (bicyclic) bond motifs is 1. The van der Waals surface area contributed by atoms with Crippen molar-refractivity contribution in [3.8, 4) is 11.5 Å². The first kappa shape index (κ1) is 46.9. The van der Waals surface area contributed by atoms with Crippen molar-refractivity contribution < 1.29 is 99.7 Å². The van der Waals surface area contributed by atoms with Crippen molar-refractivity contribution in [1.82, 2.24) is 24.8 Å². The van der Waals surface area contributed by atoms with Crippen molar-refractivity contribution in [3.05, 3.63) is 70.6 Å². The van der Waals surface area contributed by atoms with E-state index in [1.54, 1.807) is 0 Å². The Balaban J connectivity index is 1.05. The third kappa shape index (κ3) is 10.6. The van der Waals surface area contributed by atoms with Gasteiger partial charge in [-0.1, -0.05) is 0 Å². The number of carbonyl (C=O) groups is 1. The number of nitro benzene ring substituents is 1. The molecule has 2 aliphatic rings. The minimum absolute atomic E-state index is 0.0185. The van der Waals surface area contributed by atoms with Crippen LogP contribution in [0, 0.1) is 10.1 Å². The van der Waals surface area contributed by atoms with E-state index in [0.717, 1.165) is 23.3 Å². The van der Waals surface area contributed by atoms with E-state index in [1.165, 1.54) is 49.4 Å². The Morgan fingerprint density at radius 3 is 2.24 bits per heavy atom. The number of amides is 1. The van der Waals surface area contributed by atoms with Crippen LogP contribution in [0.4, 0.5) is 11.5 Å². The molecule has 32 heteroatoms. The van der Waals surface area contributed by atoms with Crippen molar-refractivity contribution in [2.45, 2.75) is 55.6 Å². The third-order valence-corrected chi connectivity index (χ3v) is 12.3. The molecule has 0 spiro atoms. The van der Waals surface area contributed by atoms with Crippen molar-refractivity contribution >= 4 is 52.0 Å². The van der Waals surface area contributed by atoms with Gasteiger partial charge in [0.1, 0.15) is 47.9 Å². The Hall–Kier alpha value is -4.64. The number of phosphoric acid groups is 3. The molecule has 2 unspecified atom stereocenters. The molecule has 0 aliphatic carbocycles. The molecular formula is C30H38N8O21P3+. The number of nitro groups is 1. The largest absolute Gasteiger partial charge is 0.493 e. The first-order valence-corrected chi connectivity index (χ1v) is 22.0. The molecule has 2 saturated heterocycles. The van der Waals surface area contributed by atoms with Crippen LogP contribution in [0.5, 0.6) is 11.5 Å². The molecule has 0 bridgehead atoms. The average Bonchev–Trinajstić information content (AvgIpc) is 3.86. The van der Waals surface area contributed by atoms with E-state index in [4.69, 9.17) is 38.3 Å². The number of aromatic nitrogens is 5. The van der Waals surface area contributed by atoms with Gasteiger partial charge in [-0.25, -0.2) is 28.6 Å². The second kappa shape index (κ2) is 18.6. The molecule has 338 valence electrons. The lowest BCUT2D eigenvalue weighted by molar-refractivity contribution is -0.765. The van der Waals surface area contributed by atoms with Gasteiger partial charge in [-0.05, 0) is 12.1 Å². The molecule has 62 heavy (non-hydrogen) atoms. The number of nitrogens with two attached hydrogens (primary N) is 1. The van der Waals surface area contributed by atoms with E-state index < -0.39 is 96.6 Å². The monoisotopic (exact) mass is 939 g/mol. The highest BCUT2D eigenvalue weighted by atomic mass is 31.3. The summed E-state index contributed by atoms with van der Waals surface area (Å²) in [6, 6.07) is 5.20. The number of carbonyl (C=O) groups excluding carboxylic acids is 1. The quantitative estimate of drug-likeness (QED) is 0.0246. The molecule has 1 aromatic carbocycles. The Morgan fingerprint density at radius 1 is 0.968 bits per heavy atom. The molecule has 10 N–H and O–H groups in total. The molecule has 3 aromatic heterocycles. The molecule has 10 atom stereocenters. The van der Waals surface area contributed by atoms with Gasteiger partial charge in [0.2, 0.25) is 0 Å². The number of phosphoric ester groups is 3. The Labute approximate surface area is 347 Å². The summed E-state index contributed by atoms with van der Waals surface area (Å²) in [4.78, 5) is 75.3. The average molecular weight is 940 g/mol. The summed E-state index contributed by atoms with van der Waals surface area (Å²) in [6.07, 6.45) is -9.07. The van der Waals surface area contributed by atoms with E-state index in [9.17, 15) is 63.5 Å². The van der Waals surface area contributed by atoms with Crippen LogP contribution in [0.2, 0.25) is 0 Å². The van der Waals surface area contributed by atoms with Gasteiger partial charge in [-0.15, -0.1) is 0 Å². The van der Waals surface area contributed by atoms with Gasteiger partial charge < -0.3 is 64.9 Å². The lowest BCUT2D eigenvalue weighted by Crippen LogP contribution is -2.46. The molecule has 0 radical (unpaired) electrons. The number of nitrogen functional groups attached to an aromatic ring is 1. The maximum Gasteiger partial charge on any atom is 0.481 e. The number of anilines is 1. The minimum Gasteiger partial charge on any atom is -0.493 e. The number of rotatable bonds is 18. The highest BCUT2D eigenvalue weighted by molar-refractivity contribution is 7.61. The summed E-state index contributed by atoms with van der Waals surface area (Å²) in [7, 11) is -13.9. The number of nitrogens with zero attached hydrogens (tertiary/aromatic N) is 6. The molecule has 2 aliphatic heterocycles. The fourth-order valence-electron chi connectivity index (χ4n) is 6.32. The molecular weight excluding hydrogens is 901 g/mol. The Bertz CT molecular complexity index is 2460. The zero-order chi connectivity index (χ0) is 45.3. The molecule has 29 nitrogen and oxygen atoms in total. The van der Waals surface area contributed by atoms with Crippen molar-refractivity contribution in [1.29, 1.82) is 0 Å². The van der Waals surface area contributed by atoms with Gasteiger partial charge in [0.25, 0.3) is 17.8 Å². The number of methoxy groups -OCH3 is 2. The number of imidazole rings is 1. The van der Waals surface area contributed by atoms with E-state index in [0.29, 0.717) is 0 Å². The van der Waals surface area contributed by atoms with Gasteiger partial charge in [-0.3, -0.25) is 33.0 Å². The van der Waals surface area contributed by atoms with Crippen LogP contribution in [0.25, 0.3) is 11.2 Å². The summed E-state index contributed by atoms with van der Waals surface area (Å²) in [6.45, 7) is -2.46. The van der Waals surface area contributed by atoms with Gasteiger partial charge in [0.05, 0.1) is 56.9 Å². The molecule has 1 amide bonds. The highest BCUT2D eigenvalue weighted by Crippen LogP contribution is 2.61. The Morgan fingerprint density at radius 2 is 1.61 bits per heavy atom. The van der Waals surface area contributed by atoms with Crippen LogP contribution in [0.15, 0.2) is 49.3 Å². The fourth-order valence-corrected chi connectivity index (χ4v) is 8.96. The third-order valence-electron chi connectivity index (χ3n) is 9.18. The van der Waals surface area contributed by atoms with Crippen LogP contribution in [0.3, 0.4) is 0 Å². The molecule has 6 rings (SSSR count). The summed E-state index contributed by atoms with van der Waals surface area (Å²) >= 11 is 0. The van der Waals surface area contributed by atoms with Gasteiger partial charge in [0.15, 0.2) is 47.7 Å². The number of benzene rings is 1. The highest BCUT2D eigenvalue weighted by Gasteiger charge is 2.51. The SMILES string of the molecule is COc1cc(CNC(=O)c2ccc[n+]([C@@H]3O[C@H](COP(=O)(O)OP(=O)(O)OC[C@H]4O[C@@H](n5cnc6c(N)ncnc65)[C@H](OP(=O)(O)O)[C@@H]4O)[C@@H](O)[C@H]3O)c2)c([N+](=O)[O-])cc1OC. The summed E-state index contributed by atoms with van der Waals surface area (Å²) in [5, 5.41) is 46.5. The first-order chi connectivity index (χ1) is 29.1. The lowest BCUT2D eigenvalue weighted by Gasteiger charge is -2.22. The zero-order valence-electron chi connectivity index (χ0n) is 31.8. The first-order valence-electron chi connectivity index (χ1n) is 17.5. The van der Waals surface area contributed by atoms with Gasteiger partial charge in [-0.2, -0.15) is 8.88 Å². The molecule has 2 fully saturated rings. The summed E-state index contributed by atoms with van der Waals surface area (Å²) < 4.78 is 79.5. The lowest BCUT2D eigenvalue weighted by atomic mass is 10.1. The summed E-state index contributed by atoms with van der Waals surface area (Å²) in [5.41, 5.74) is 5.51. The standard InChI is InChI=1S/C30H37N8O21P3/c1-52-17-6-15(16(38(43)44)7-18(17)53-2)8-32-28(42)14-4-3-5-36(9-14)29-24(41)22(39)19(56-29)10-54-61(48,49)59-62(50,51)55-11-20-23(40)25(58-60(45,46)47)30(57-20)37-13-35-21-26(31)33-12-34-27(21)37/h3-7,9,12-13,19-20,22-25,29-30,39-41H,8,10-11H2,1-2H3,(H6-,31,32,33,34,42,45,46,47,48,49,50,51)/p+1/t19-,20-,22-,23-,24-,25-,29-,30-/m1/s1. The van der Waals surface area contributed by atoms with E-state index in [2.05, 4.69) is 24.6 Å². The topological polar surface area (TPSA) is 412 Å². The number of pyridine rings is 1. The van der Waals surface area contributed by atoms with Gasteiger partial charge >= 0.3 is 23.5 Å². The van der Waals surface area contributed by atoms with Crippen molar-refractivity contribution in [2.75, 3.05) is 33.2 Å². The number of hydrogen-bond acceptors (Lipinski definition) is 21. The Kier molecular flexibility index (Phi) is 14.1. The van der Waals surface area contributed by atoms with Crippen LogP contribution < -0.4 is 25.1 Å². The molecule has 5 heterocycles. The van der Waals surface area contributed by atoms with E-state index in [1.807, 2.05) is 0 Å². The molecule has 0 saturated carbocycles. The number of ether oxygens (including phenoxy) is 4. The van der Waals surface area contributed by atoms with Crippen LogP contribution in [0.1, 0.15) is 28.4 Å². The number of aliphatic hydroxyl groups is 3. The predicted octanol–water partition coefficient (Wildman–Crippen LogP) is -1.14. The van der Waals surface area contributed by atoms with Crippen molar-refractivity contribution in [2.24, 2.45) is 0 Å². The second-order valence-corrected chi connectivity index (χ2v) is 17.4. The summed E-state index contributed by atoms with van der Waals surface area (Å²) in [5.74, 6) is -0.526. The fraction of sp³-hybridized carbons (Fsp3) is 0.433. The normalized spacial score (nSPS) is 25.9. The smallest absolute Gasteiger partial charge is 0.481 e. The van der Waals surface area contributed by atoms with E-state index in [-0.39, 0.29) is 51.8 Å². The minimum atomic E-state index is -5.60. The molecule has 4 aromatic rings. The predicted molar refractivity (Wildman–Crippen MR) is 199 cm³/mol. The number of nitrogens with one attached hydrogen (secondary N) is 1. The number of hydrogen-bond donors (Lipinski definition) is 9. The van der Waals surface area contributed by atoms with Crippen molar-refractivity contribution in [3.63, 3.8) is 0 Å². The van der Waals surface area contributed by atoms with Crippen LogP contribution >= 0.6 is 23.5 Å². The maximum atomic E-state index is 13.1. The van der Waals surface area contributed by atoms with Gasteiger partial charge in [0, 0.05) is 6.07 Å². The van der Waals surface area contributed by atoms with E-state index >= 15 is 0 Å². The zero-order valence-corrected chi connectivity index (χ0v) is 34.5. The second-order valence-electron chi connectivity index (χ2n) is 13.2. The maximum absolute atomic E-state index is 13.1. The van der Waals surface area contributed by atoms with Crippen LogP contribution in [-0.2, 0) is 47.6 Å².